The molecule has 0 aromatic rings. The summed E-state index contributed by atoms with van der Waals surface area (Å²) in [5, 5.41) is 32.8. The summed E-state index contributed by atoms with van der Waals surface area (Å²) in [5.74, 6) is 0.0521. The Labute approximate surface area is 177 Å². The number of rotatable bonds is 3. The molecule has 0 spiro atoms. The van der Waals surface area contributed by atoms with Gasteiger partial charge >= 0.3 is 5.97 Å². The molecule has 7 heteroatoms. The van der Waals surface area contributed by atoms with Crippen LogP contribution in [0.25, 0.3) is 0 Å². The third-order valence-electron chi connectivity index (χ3n) is 10.1. The fourth-order valence-electron chi connectivity index (χ4n) is 8.45. The van der Waals surface area contributed by atoms with E-state index in [1.54, 1.807) is 0 Å². The van der Waals surface area contributed by atoms with E-state index in [-0.39, 0.29) is 48.1 Å². The predicted octanol–water partition coefficient (Wildman–Crippen LogP) is 1.36. The average Bonchev–Trinajstić information content (AvgIpc) is 3.35. The van der Waals surface area contributed by atoms with Gasteiger partial charge in [-0.15, -0.1) is 0 Å². The first-order valence-electron chi connectivity index (χ1n) is 11.4. The van der Waals surface area contributed by atoms with Crippen molar-refractivity contribution in [3.05, 3.63) is 0 Å². The van der Waals surface area contributed by atoms with Gasteiger partial charge in [-0.25, -0.2) is 0 Å². The van der Waals surface area contributed by atoms with E-state index < -0.39 is 34.8 Å². The zero-order valence-electron chi connectivity index (χ0n) is 18.1. The lowest BCUT2D eigenvalue weighted by atomic mass is 9.42. The van der Waals surface area contributed by atoms with E-state index in [9.17, 15) is 24.9 Å². The fraction of sp³-hybridized carbons (Fsp3) is 0.913. The number of ketones is 1. The highest BCUT2D eigenvalue weighted by Crippen LogP contribution is 2.74. The Bertz CT molecular complexity index is 784. The van der Waals surface area contributed by atoms with Gasteiger partial charge in [0.2, 0.25) is 5.78 Å². The van der Waals surface area contributed by atoms with Crippen molar-refractivity contribution < 1.29 is 34.4 Å². The summed E-state index contributed by atoms with van der Waals surface area (Å²) in [7, 11) is 0. The number of hydrogen-bond donors (Lipinski definition) is 3. The number of aliphatic hydroxyl groups excluding tert-OH is 2. The Balaban J connectivity index is 1.44. The van der Waals surface area contributed by atoms with E-state index in [1.807, 2.05) is 0 Å². The molecule has 4 saturated carbocycles. The van der Waals surface area contributed by atoms with Crippen LogP contribution in [0.3, 0.4) is 0 Å². The molecule has 0 radical (unpaired) electrons. The number of carbonyl (C=O) groups is 2. The standard InChI is InChI=1S/C23H34O7/c1-12(24)29-11-18(27)23-19(30-23)9-16-14-8-17(26)22(28)10-13(25)4-6-20(22,2)15(14)5-7-21(16,23)3/h13-17,19,25-26,28H,4-11H2,1-3H3/t13-,14+,15-,16-,17+,19+,20+,21-,22-,23+/m0/s1. The smallest absolute Gasteiger partial charge is 0.303 e. The zero-order chi connectivity index (χ0) is 21.7. The number of aliphatic hydroxyl groups is 3. The minimum absolute atomic E-state index is 0.145. The van der Waals surface area contributed by atoms with Crippen LogP contribution in [0.5, 0.6) is 0 Å². The van der Waals surface area contributed by atoms with Gasteiger partial charge in [0.1, 0.15) is 0 Å². The summed E-state index contributed by atoms with van der Waals surface area (Å²) in [6.45, 7) is 5.27. The lowest BCUT2D eigenvalue weighted by Gasteiger charge is -2.65. The second kappa shape index (κ2) is 6.27. The molecule has 30 heavy (non-hydrogen) atoms. The average molecular weight is 423 g/mol. The summed E-state index contributed by atoms with van der Waals surface area (Å²) in [5.41, 5.74) is -2.94. The maximum absolute atomic E-state index is 13.1. The predicted molar refractivity (Wildman–Crippen MR) is 105 cm³/mol. The molecular weight excluding hydrogens is 388 g/mol. The second-order valence-electron chi connectivity index (χ2n) is 11.1. The van der Waals surface area contributed by atoms with Gasteiger partial charge in [-0.3, -0.25) is 9.59 Å². The van der Waals surface area contributed by atoms with Crippen molar-refractivity contribution in [2.45, 2.75) is 95.2 Å². The molecule has 0 unspecified atom stereocenters. The highest BCUT2D eigenvalue weighted by Gasteiger charge is 2.81. The summed E-state index contributed by atoms with van der Waals surface area (Å²) < 4.78 is 11.0. The van der Waals surface area contributed by atoms with E-state index in [2.05, 4.69) is 13.8 Å². The molecule has 10 atom stereocenters. The molecule has 3 N–H and O–H groups in total. The Hall–Kier alpha value is -1.02. The van der Waals surface area contributed by atoms with Crippen LogP contribution in [-0.2, 0) is 19.1 Å². The Morgan fingerprint density at radius 2 is 1.77 bits per heavy atom. The summed E-state index contributed by atoms with van der Waals surface area (Å²) in [6, 6.07) is 0. The normalized spacial score (nSPS) is 56.2. The van der Waals surface area contributed by atoms with Crippen molar-refractivity contribution in [1.29, 1.82) is 0 Å². The van der Waals surface area contributed by atoms with Crippen LogP contribution in [0, 0.1) is 28.6 Å². The molecule has 0 aromatic carbocycles. The first-order chi connectivity index (χ1) is 14.0. The van der Waals surface area contributed by atoms with Gasteiger partial charge in [0.25, 0.3) is 0 Å². The number of hydrogen-bond acceptors (Lipinski definition) is 7. The van der Waals surface area contributed by atoms with Crippen molar-refractivity contribution in [2.75, 3.05) is 6.61 Å². The molecule has 5 fully saturated rings. The molecule has 0 bridgehead atoms. The minimum atomic E-state index is -1.26. The number of epoxide rings is 1. The third-order valence-corrected chi connectivity index (χ3v) is 10.1. The van der Waals surface area contributed by atoms with Crippen molar-refractivity contribution in [2.24, 2.45) is 28.6 Å². The molecule has 168 valence electrons. The highest BCUT2D eigenvalue weighted by molar-refractivity contribution is 5.94. The molecule has 5 aliphatic rings. The first kappa shape index (κ1) is 20.9. The lowest BCUT2D eigenvalue weighted by Crippen LogP contribution is -2.69. The molecule has 0 aromatic heterocycles. The van der Waals surface area contributed by atoms with Gasteiger partial charge in [-0.2, -0.15) is 0 Å². The Morgan fingerprint density at radius 3 is 2.47 bits per heavy atom. The van der Waals surface area contributed by atoms with E-state index in [0.717, 1.165) is 19.3 Å². The maximum atomic E-state index is 13.1. The van der Waals surface area contributed by atoms with Gasteiger partial charge in [-0.05, 0) is 56.3 Å². The summed E-state index contributed by atoms with van der Waals surface area (Å²) >= 11 is 0. The van der Waals surface area contributed by atoms with Crippen molar-refractivity contribution in [1.82, 2.24) is 0 Å². The molecule has 4 aliphatic carbocycles. The SMILES string of the molecule is CC(=O)OCC(=O)[C@@]12O[C@@H]1C[C@H]1[C@@H]3C[C@@H](O)[C@@]4(O)C[C@@H](O)CC[C@]4(C)[C@H]3CC[C@@]12C. The topological polar surface area (TPSA) is 117 Å². The molecule has 1 aliphatic heterocycles. The molecule has 0 amide bonds. The molecule has 7 nitrogen and oxygen atoms in total. The third kappa shape index (κ3) is 2.35. The molecule has 1 saturated heterocycles. The van der Waals surface area contributed by atoms with Crippen LogP contribution in [0.1, 0.15) is 65.7 Å². The van der Waals surface area contributed by atoms with Crippen molar-refractivity contribution in [3.63, 3.8) is 0 Å². The first-order valence-corrected chi connectivity index (χ1v) is 11.4. The van der Waals surface area contributed by atoms with Crippen LogP contribution in [0.4, 0.5) is 0 Å². The largest absolute Gasteiger partial charge is 0.458 e. The summed E-state index contributed by atoms with van der Waals surface area (Å²) in [4.78, 5) is 24.3. The van der Waals surface area contributed by atoms with Crippen LogP contribution >= 0.6 is 0 Å². The van der Waals surface area contributed by atoms with Crippen LogP contribution in [0.2, 0.25) is 0 Å². The number of Topliss-reactive ketones (excluding diaryl/α,β-unsaturated/α-hetero) is 1. The number of carbonyl (C=O) groups excluding carboxylic acids is 2. The van der Waals surface area contributed by atoms with Crippen molar-refractivity contribution >= 4 is 11.8 Å². The van der Waals surface area contributed by atoms with Gasteiger partial charge in [0, 0.05) is 24.2 Å². The minimum Gasteiger partial charge on any atom is -0.458 e. The molecule has 5 rings (SSSR count). The second-order valence-corrected chi connectivity index (χ2v) is 11.1. The molecule has 1 heterocycles. The summed E-state index contributed by atoms with van der Waals surface area (Å²) in [6.07, 6.45) is 2.90. The number of fused-ring (bicyclic) bond motifs is 7. The Morgan fingerprint density at radius 1 is 1.07 bits per heavy atom. The number of esters is 1. The van der Waals surface area contributed by atoms with Crippen LogP contribution in [-0.4, -0.2) is 63.2 Å². The van der Waals surface area contributed by atoms with E-state index in [4.69, 9.17) is 9.47 Å². The van der Waals surface area contributed by atoms with E-state index in [0.29, 0.717) is 19.3 Å². The van der Waals surface area contributed by atoms with E-state index in [1.165, 1.54) is 6.92 Å². The monoisotopic (exact) mass is 422 g/mol. The Kier molecular flexibility index (Phi) is 4.36. The van der Waals surface area contributed by atoms with Gasteiger partial charge in [0.05, 0.1) is 23.9 Å². The maximum Gasteiger partial charge on any atom is 0.303 e. The quantitative estimate of drug-likeness (QED) is 0.464. The van der Waals surface area contributed by atoms with Crippen LogP contribution in [0.15, 0.2) is 0 Å². The lowest BCUT2D eigenvalue weighted by molar-refractivity contribution is -0.266. The van der Waals surface area contributed by atoms with Gasteiger partial charge in [-0.1, -0.05) is 13.8 Å². The van der Waals surface area contributed by atoms with Gasteiger partial charge < -0.3 is 24.8 Å². The van der Waals surface area contributed by atoms with Crippen LogP contribution < -0.4 is 0 Å². The molecular formula is C23H34O7. The highest BCUT2D eigenvalue weighted by atomic mass is 16.6. The van der Waals surface area contributed by atoms with Crippen molar-refractivity contribution in [3.8, 4) is 0 Å². The zero-order valence-corrected chi connectivity index (χ0v) is 18.1. The number of ether oxygens (including phenoxy) is 2. The van der Waals surface area contributed by atoms with E-state index >= 15 is 0 Å². The van der Waals surface area contributed by atoms with Gasteiger partial charge in [0.15, 0.2) is 12.2 Å². The fourth-order valence-corrected chi connectivity index (χ4v) is 8.45.